The number of nitrogens with two attached hydrogens (primary N) is 1. The molecule has 0 radical (unpaired) electrons. The number of unbranched alkanes of at least 4 members (excludes halogenated alkanes) is 14. The van der Waals surface area contributed by atoms with Gasteiger partial charge in [0.1, 0.15) is 12.1 Å². The number of carbonyl (C=O) groups excluding carboxylic acids is 2. The summed E-state index contributed by atoms with van der Waals surface area (Å²) >= 11 is 0. The predicted molar refractivity (Wildman–Crippen MR) is 156 cm³/mol. The number of amides is 1. The molecule has 2 unspecified atom stereocenters. The lowest BCUT2D eigenvalue weighted by Gasteiger charge is -2.17. The van der Waals surface area contributed by atoms with Crippen LogP contribution in [-0.2, 0) is 19.1 Å². The second-order valence-corrected chi connectivity index (χ2v) is 10.9. The van der Waals surface area contributed by atoms with Crippen molar-refractivity contribution in [3.63, 3.8) is 0 Å². The zero-order chi connectivity index (χ0) is 28.3. The Morgan fingerprint density at radius 3 is 1.71 bits per heavy atom. The molecule has 0 rings (SSSR count). The molecule has 38 heavy (non-hydrogen) atoms. The number of carboxylic acids is 1. The molecule has 0 aliphatic carbocycles. The topological polar surface area (TPSA) is 119 Å². The number of aliphatic carboxylic acids is 1. The third-order valence-corrected chi connectivity index (χ3v) is 7.15. The zero-order valence-electron chi connectivity index (χ0n) is 24.8. The molecule has 0 spiro atoms. The predicted octanol–water partition coefficient (Wildman–Crippen LogP) is 7.44. The van der Waals surface area contributed by atoms with Crippen LogP contribution in [0.1, 0.15) is 162 Å². The minimum absolute atomic E-state index is 0.0454. The van der Waals surface area contributed by atoms with E-state index >= 15 is 0 Å². The molecule has 0 bridgehead atoms. The van der Waals surface area contributed by atoms with E-state index in [1.54, 1.807) is 0 Å². The van der Waals surface area contributed by atoms with Crippen molar-refractivity contribution in [2.45, 2.75) is 174 Å². The fourth-order valence-corrected chi connectivity index (χ4v) is 4.80. The van der Waals surface area contributed by atoms with Crippen molar-refractivity contribution in [3.05, 3.63) is 0 Å². The van der Waals surface area contributed by atoms with Gasteiger partial charge in [0, 0.05) is 12.8 Å². The molecule has 2 atom stereocenters. The molecule has 0 saturated carbocycles. The lowest BCUT2D eigenvalue weighted by molar-refractivity contribution is -0.150. The van der Waals surface area contributed by atoms with Crippen LogP contribution in [0.25, 0.3) is 0 Å². The SMILES string of the molecule is CCCCCCCCCCCCCCCC(=O)OC(CCC)CCCCCC(=O)NC(CCCN)C(=O)O. The van der Waals surface area contributed by atoms with E-state index in [0.717, 1.165) is 44.9 Å². The Labute approximate surface area is 233 Å². The van der Waals surface area contributed by atoms with E-state index in [0.29, 0.717) is 38.6 Å². The fraction of sp³-hybridized carbons (Fsp3) is 0.903. The van der Waals surface area contributed by atoms with Gasteiger partial charge in [-0.05, 0) is 51.5 Å². The van der Waals surface area contributed by atoms with Gasteiger partial charge in [0.15, 0.2) is 0 Å². The van der Waals surface area contributed by atoms with Gasteiger partial charge >= 0.3 is 11.9 Å². The summed E-state index contributed by atoms with van der Waals surface area (Å²) in [7, 11) is 0. The van der Waals surface area contributed by atoms with Crippen molar-refractivity contribution < 1.29 is 24.2 Å². The molecular formula is C31H60N2O5. The lowest BCUT2D eigenvalue weighted by Crippen LogP contribution is -2.40. The number of hydrogen-bond acceptors (Lipinski definition) is 5. The molecule has 7 heteroatoms. The van der Waals surface area contributed by atoms with Gasteiger partial charge in [-0.15, -0.1) is 0 Å². The first-order valence-electron chi connectivity index (χ1n) is 15.9. The second kappa shape index (κ2) is 27.0. The normalized spacial score (nSPS) is 12.7. The Morgan fingerprint density at radius 1 is 0.658 bits per heavy atom. The minimum atomic E-state index is -1.02. The summed E-state index contributed by atoms with van der Waals surface area (Å²) in [5.74, 6) is -1.33. The Hall–Kier alpha value is -1.63. The van der Waals surface area contributed by atoms with Crippen LogP contribution in [0.3, 0.4) is 0 Å². The van der Waals surface area contributed by atoms with E-state index in [1.165, 1.54) is 70.6 Å². The van der Waals surface area contributed by atoms with Crippen LogP contribution in [0.2, 0.25) is 0 Å². The van der Waals surface area contributed by atoms with E-state index in [-0.39, 0.29) is 18.0 Å². The van der Waals surface area contributed by atoms with Gasteiger partial charge in [-0.1, -0.05) is 104 Å². The maximum atomic E-state index is 12.3. The van der Waals surface area contributed by atoms with Crippen LogP contribution in [0, 0.1) is 0 Å². The van der Waals surface area contributed by atoms with Gasteiger partial charge in [-0.3, -0.25) is 9.59 Å². The molecule has 1 amide bonds. The molecule has 0 aromatic carbocycles. The number of carbonyl (C=O) groups is 3. The summed E-state index contributed by atoms with van der Waals surface area (Å²) in [5, 5.41) is 11.8. The van der Waals surface area contributed by atoms with Crippen molar-refractivity contribution in [2.75, 3.05) is 6.54 Å². The number of hydrogen-bond donors (Lipinski definition) is 3. The number of carboxylic acid groups (broad SMARTS) is 1. The van der Waals surface area contributed by atoms with Gasteiger partial charge in [0.05, 0.1) is 0 Å². The van der Waals surface area contributed by atoms with E-state index in [9.17, 15) is 19.5 Å². The van der Waals surface area contributed by atoms with Crippen LogP contribution in [-0.4, -0.2) is 41.6 Å². The first-order valence-corrected chi connectivity index (χ1v) is 15.9. The molecule has 0 aromatic rings. The van der Waals surface area contributed by atoms with Crippen molar-refractivity contribution in [2.24, 2.45) is 5.73 Å². The Bertz CT molecular complexity index is 585. The molecule has 224 valence electrons. The lowest BCUT2D eigenvalue weighted by atomic mass is 10.0. The Morgan fingerprint density at radius 2 is 1.18 bits per heavy atom. The van der Waals surface area contributed by atoms with Gasteiger partial charge in [-0.2, -0.15) is 0 Å². The summed E-state index contributed by atoms with van der Waals surface area (Å²) < 4.78 is 5.75. The van der Waals surface area contributed by atoms with Crippen molar-refractivity contribution in [1.29, 1.82) is 0 Å². The molecule has 0 saturated heterocycles. The molecule has 0 fully saturated rings. The summed E-state index contributed by atoms with van der Waals surface area (Å²) in [4.78, 5) is 35.6. The van der Waals surface area contributed by atoms with Crippen LogP contribution < -0.4 is 11.1 Å². The van der Waals surface area contributed by atoms with Crippen LogP contribution in [0.15, 0.2) is 0 Å². The van der Waals surface area contributed by atoms with Crippen molar-refractivity contribution >= 4 is 17.8 Å². The van der Waals surface area contributed by atoms with Gasteiger partial charge in [0.25, 0.3) is 0 Å². The third-order valence-electron chi connectivity index (χ3n) is 7.15. The summed E-state index contributed by atoms with van der Waals surface area (Å²) in [6, 6.07) is -0.866. The zero-order valence-corrected chi connectivity index (χ0v) is 24.8. The molecule has 0 aliphatic rings. The maximum Gasteiger partial charge on any atom is 0.326 e. The number of nitrogens with one attached hydrogen (secondary N) is 1. The first-order chi connectivity index (χ1) is 18.4. The Kier molecular flexibility index (Phi) is 25.8. The van der Waals surface area contributed by atoms with E-state index in [1.807, 2.05) is 0 Å². The third kappa shape index (κ3) is 23.5. The smallest absolute Gasteiger partial charge is 0.326 e. The number of rotatable bonds is 28. The number of esters is 1. The summed E-state index contributed by atoms with van der Waals surface area (Å²) in [5.41, 5.74) is 5.43. The van der Waals surface area contributed by atoms with Crippen LogP contribution in [0.4, 0.5) is 0 Å². The number of ether oxygens (including phenoxy) is 1. The fourth-order valence-electron chi connectivity index (χ4n) is 4.80. The van der Waals surface area contributed by atoms with Crippen molar-refractivity contribution in [1.82, 2.24) is 5.32 Å². The maximum absolute atomic E-state index is 12.3. The molecule has 4 N–H and O–H groups in total. The average molecular weight is 541 g/mol. The van der Waals surface area contributed by atoms with Gasteiger partial charge < -0.3 is 20.9 Å². The van der Waals surface area contributed by atoms with E-state index in [4.69, 9.17) is 10.5 Å². The monoisotopic (exact) mass is 540 g/mol. The highest BCUT2D eigenvalue weighted by molar-refractivity contribution is 5.83. The highest BCUT2D eigenvalue weighted by atomic mass is 16.5. The van der Waals surface area contributed by atoms with Gasteiger partial charge in [0.2, 0.25) is 5.91 Å². The van der Waals surface area contributed by atoms with Gasteiger partial charge in [-0.25, -0.2) is 4.79 Å². The summed E-state index contributed by atoms with van der Waals surface area (Å²) in [6.45, 7) is 4.76. The quantitative estimate of drug-likeness (QED) is 0.0701. The highest BCUT2D eigenvalue weighted by Crippen LogP contribution is 2.16. The second-order valence-electron chi connectivity index (χ2n) is 10.9. The highest BCUT2D eigenvalue weighted by Gasteiger charge is 2.19. The molecule has 7 nitrogen and oxygen atoms in total. The molecule has 0 aromatic heterocycles. The minimum Gasteiger partial charge on any atom is -0.480 e. The molecular weight excluding hydrogens is 480 g/mol. The standard InChI is InChI=1S/C31H60N2O5/c1-3-5-6-7-8-9-10-11-12-13-14-15-19-25-30(35)38-27(21-4-2)22-17-16-18-24-29(34)33-28(31(36)37)23-20-26-32/h27-28H,3-26,32H2,1-2H3,(H,33,34)(H,36,37). The molecule has 0 aliphatic heterocycles. The van der Waals surface area contributed by atoms with E-state index in [2.05, 4.69) is 19.2 Å². The average Bonchev–Trinajstić information content (AvgIpc) is 2.88. The Balaban J connectivity index is 3.83. The van der Waals surface area contributed by atoms with Crippen molar-refractivity contribution in [3.8, 4) is 0 Å². The van der Waals surface area contributed by atoms with E-state index < -0.39 is 12.0 Å². The van der Waals surface area contributed by atoms with Crippen LogP contribution >= 0.6 is 0 Å². The van der Waals surface area contributed by atoms with Crippen LogP contribution in [0.5, 0.6) is 0 Å². The largest absolute Gasteiger partial charge is 0.480 e. The summed E-state index contributed by atoms with van der Waals surface area (Å²) in [6.07, 6.45) is 23.5. The molecule has 0 heterocycles. The first kappa shape index (κ1) is 36.4.